The van der Waals surface area contributed by atoms with E-state index in [4.69, 9.17) is 4.79 Å². The molecule has 0 fully saturated rings. The minimum atomic E-state index is 0. The molecule has 0 spiro atoms. The molecule has 0 aliphatic rings. The molecule has 0 saturated carbocycles. The van der Waals surface area contributed by atoms with Crippen LogP contribution in [-0.2, 0) is 37.5 Å². The second kappa shape index (κ2) is 1090. The van der Waals surface area contributed by atoms with Crippen LogP contribution in [0.1, 0.15) is 92.0 Å². The summed E-state index contributed by atoms with van der Waals surface area (Å²) in [6.45, 7) is 17.3. The summed E-state index contributed by atoms with van der Waals surface area (Å²) in [5.41, 5.74) is 0. The summed E-state index contributed by atoms with van der Waals surface area (Å²) < 4.78 is 0. The van der Waals surface area contributed by atoms with E-state index in [2.05, 4.69) is 0 Å². The first-order valence-electron chi connectivity index (χ1n) is 4.70. The van der Waals surface area contributed by atoms with Crippen LogP contribution in [0.4, 0.5) is 0 Å². The van der Waals surface area contributed by atoms with Crippen LogP contribution in [-0.4, -0.2) is 6.29 Å². The van der Waals surface area contributed by atoms with Gasteiger partial charge < -0.3 is 4.79 Å². The standard InChI is InChI=1S/C2H3O.4C2H6.4CH4.Y/c1-2-3;4*1-2;;;;;/h1H3;4*1-2H3;4*1H4;/q-1;;;;;;;;;. The first kappa shape index (κ1) is 91.0. The molecule has 0 aliphatic carbocycles. The van der Waals surface area contributed by atoms with Gasteiger partial charge in [-0.3, -0.25) is 6.29 Å². The fourth-order valence-electron chi connectivity index (χ4n) is 0. The van der Waals surface area contributed by atoms with Crippen molar-refractivity contribution in [1.82, 2.24) is 0 Å². The van der Waals surface area contributed by atoms with E-state index in [9.17, 15) is 0 Å². The Morgan fingerprint density at radius 3 is 0.562 bits per heavy atom. The van der Waals surface area contributed by atoms with Gasteiger partial charge >= 0.3 is 0 Å². The quantitative estimate of drug-likeness (QED) is 0.451. The summed E-state index contributed by atoms with van der Waals surface area (Å²) in [6, 6.07) is 0. The Hall–Kier alpha value is 0.774. The summed E-state index contributed by atoms with van der Waals surface area (Å²) in [5.74, 6) is 0. The van der Waals surface area contributed by atoms with Crippen molar-refractivity contribution in [2.75, 3.05) is 0 Å². The fraction of sp³-hybridized carbons (Fsp3) is 0.929. The van der Waals surface area contributed by atoms with Crippen molar-refractivity contribution >= 4 is 6.29 Å². The van der Waals surface area contributed by atoms with E-state index in [0.717, 1.165) is 0 Å². The molecule has 0 aromatic heterocycles. The molecule has 0 aromatic rings. The molecule has 0 aromatic carbocycles. The van der Waals surface area contributed by atoms with Crippen LogP contribution in [0.5, 0.6) is 0 Å². The Balaban J connectivity index is -0.00000000330. The van der Waals surface area contributed by atoms with Crippen molar-refractivity contribution in [3.63, 3.8) is 0 Å². The molecule has 16 heavy (non-hydrogen) atoms. The van der Waals surface area contributed by atoms with Gasteiger partial charge in [0.05, 0.1) is 0 Å². The maximum absolute atomic E-state index is 8.68. The zero-order chi connectivity index (χ0) is 10.7. The minimum absolute atomic E-state index is 0. The smallest absolute Gasteiger partial charge is 0 e. The average molecular weight is 316 g/mol. The summed E-state index contributed by atoms with van der Waals surface area (Å²) >= 11 is 0. The van der Waals surface area contributed by atoms with Crippen molar-refractivity contribution in [2.24, 2.45) is 0 Å². The van der Waals surface area contributed by atoms with Crippen LogP contribution >= 0.6 is 0 Å². The van der Waals surface area contributed by atoms with E-state index in [0.29, 0.717) is 0 Å². The van der Waals surface area contributed by atoms with Gasteiger partial charge in [-0.05, 0) is 0 Å². The van der Waals surface area contributed by atoms with Crippen molar-refractivity contribution in [2.45, 2.75) is 92.0 Å². The third-order valence-corrected chi connectivity index (χ3v) is 0. The molecular formula is C14H43OY-. The van der Waals surface area contributed by atoms with Crippen LogP contribution in [0.3, 0.4) is 0 Å². The Labute approximate surface area is 135 Å². The Kier molecular flexibility index (Phi) is 6220. The normalized spacial score (nSPS) is 2.31. The van der Waals surface area contributed by atoms with E-state index in [1.54, 1.807) is 0 Å². The molecule has 0 amide bonds. The molecule has 0 saturated heterocycles. The van der Waals surface area contributed by atoms with Crippen LogP contribution in [0.25, 0.3) is 0 Å². The maximum atomic E-state index is 8.68. The molecule has 1 nitrogen and oxygen atoms in total. The van der Waals surface area contributed by atoms with E-state index in [-0.39, 0.29) is 62.4 Å². The topological polar surface area (TPSA) is 17.1 Å². The van der Waals surface area contributed by atoms with Crippen LogP contribution in [0.2, 0.25) is 0 Å². The third kappa shape index (κ3) is 4680. The summed E-state index contributed by atoms with van der Waals surface area (Å²) in [5, 5.41) is 0. The Bertz CT molecular complexity index is 18.2. The van der Waals surface area contributed by atoms with Gasteiger partial charge in [0.1, 0.15) is 0 Å². The van der Waals surface area contributed by atoms with E-state index < -0.39 is 0 Å². The van der Waals surface area contributed by atoms with Gasteiger partial charge in [0.15, 0.2) is 0 Å². The predicted octanol–water partition coefficient (Wildman–Crippen LogP) is 6.76. The SMILES string of the molecule is C.C.C.C.CC.CC.CC.CC.C[C-]=O.[Y]. The second-order valence-corrected chi connectivity index (χ2v) is 0.204. The van der Waals surface area contributed by atoms with Gasteiger partial charge in [-0.15, -0.1) is 0 Å². The average Bonchev–Trinajstić information content (AvgIpc) is 2.18. The summed E-state index contributed by atoms with van der Waals surface area (Å²) in [4.78, 5) is 8.68. The molecule has 0 aliphatic heterocycles. The first-order valence-corrected chi connectivity index (χ1v) is 4.70. The molecule has 0 unspecified atom stereocenters. The largest absolute Gasteiger partial charge is 0.542 e. The number of rotatable bonds is 0. The first-order chi connectivity index (χ1) is 5.41. The molecule has 1 radical (unpaired) electrons. The van der Waals surface area contributed by atoms with E-state index in [1.165, 1.54) is 13.2 Å². The van der Waals surface area contributed by atoms with Crippen molar-refractivity contribution in [3.05, 3.63) is 0 Å². The van der Waals surface area contributed by atoms with Gasteiger partial charge in [-0.2, -0.15) is 6.92 Å². The van der Waals surface area contributed by atoms with E-state index >= 15 is 0 Å². The van der Waals surface area contributed by atoms with Gasteiger partial charge in [0, 0.05) is 32.7 Å². The van der Waals surface area contributed by atoms with Crippen LogP contribution < -0.4 is 0 Å². The number of hydrogen-bond acceptors (Lipinski definition) is 1. The molecule has 109 valence electrons. The Morgan fingerprint density at radius 1 is 0.562 bits per heavy atom. The van der Waals surface area contributed by atoms with E-state index in [1.807, 2.05) is 55.4 Å². The zero-order valence-electron chi connectivity index (χ0n) is 10.5. The molecular weight excluding hydrogens is 273 g/mol. The van der Waals surface area contributed by atoms with Gasteiger partial charge in [-0.25, -0.2) is 0 Å². The van der Waals surface area contributed by atoms with Crippen molar-refractivity contribution < 1.29 is 37.5 Å². The van der Waals surface area contributed by atoms with Gasteiger partial charge in [-0.1, -0.05) is 85.1 Å². The van der Waals surface area contributed by atoms with Crippen LogP contribution in [0, 0.1) is 0 Å². The number of hydrogen-bond donors (Lipinski definition) is 0. The van der Waals surface area contributed by atoms with Gasteiger partial charge in [0.2, 0.25) is 0 Å². The second-order valence-electron chi connectivity index (χ2n) is 0.204. The Morgan fingerprint density at radius 2 is 0.562 bits per heavy atom. The molecule has 0 N–H and O–H groups in total. The van der Waals surface area contributed by atoms with Crippen molar-refractivity contribution in [3.8, 4) is 0 Å². The summed E-state index contributed by atoms with van der Waals surface area (Å²) in [6.07, 6.45) is 1.50. The minimum Gasteiger partial charge on any atom is -0.542 e. The van der Waals surface area contributed by atoms with Crippen LogP contribution in [0.15, 0.2) is 0 Å². The molecule has 0 heterocycles. The predicted molar refractivity (Wildman–Crippen MR) is 83.7 cm³/mol. The third-order valence-electron chi connectivity index (χ3n) is 0. The monoisotopic (exact) mass is 316 g/mol. The van der Waals surface area contributed by atoms with Gasteiger partial charge in [0.25, 0.3) is 0 Å². The van der Waals surface area contributed by atoms with Crippen molar-refractivity contribution in [1.29, 1.82) is 0 Å². The zero-order valence-corrected chi connectivity index (χ0v) is 13.3. The molecule has 0 atom stereocenters. The molecule has 2 heteroatoms. The summed E-state index contributed by atoms with van der Waals surface area (Å²) in [7, 11) is 0. The molecule has 0 rings (SSSR count). The molecule has 0 bridgehead atoms. The fourth-order valence-corrected chi connectivity index (χ4v) is 0. The maximum Gasteiger partial charge on any atom is 0 e. The number of carbonyl (C=O) groups excluding carboxylic acids is 1.